The zero-order chi connectivity index (χ0) is 13.0. The van der Waals surface area contributed by atoms with Gasteiger partial charge in [-0.2, -0.15) is 0 Å². The van der Waals surface area contributed by atoms with Crippen molar-refractivity contribution in [3.8, 4) is 0 Å². The number of aromatic nitrogens is 2. The Labute approximate surface area is 108 Å². The average molecular weight is 248 g/mol. The molecule has 0 radical (unpaired) electrons. The first-order valence-corrected chi connectivity index (χ1v) is 6.55. The number of anilines is 1. The molecular weight excluding hydrogens is 228 g/mol. The van der Waals surface area contributed by atoms with Crippen molar-refractivity contribution in [1.29, 1.82) is 0 Å². The van der Waals surface area contributed by atoms with Crippen molar-refractivity contribution in [3.05, 3.63) is 18.0 Å². The second kappa shape index (κ2) is 5.80. The highest BCUT2D eigenvalue weighted by atomic mass is 16.2. The summed E-state index contributed by atoms with van der Waals surface area (Å²) < 4.78 is 0. The zero-order valence-electron chi connectivity index (χ0n) is 11.0. The number of hydrogen-bond donors (Lipinski definition) is 1. The fraction of sp³-hybridized carbons (Fsp3) is 0.615. The van der Waals surface area contributed by atoms with Crippen LogP contribution in [0.25, 0.3) is 0 Å². The van der Waals surface area contributed by atoms with Gasteiger partial charge in [0.2, 0.25) is 5.95 Å². The van der Waals surface area contributed by atoms with E-state index in [9.17, 15) is 4.79 Å². The van der Waals surface area contributed by atoms with E-state index in [2.05, 4.69) is 22.2 Å². The molecule has 1 aliphatic rings. The Bertz CT molecular complexity index is 417. The summed E-state index contributed by atoms with van der Waals surface area (Å²) in [4.78, 5) is 22.2. The molecule has 5 nitrogen and oxygen atoms in total. The molecule has 1 saturated carbocycles. The number of carbonyl (C=O) groups is 1. The van der Waals surface area contributed by atoms with Crippen LogP contribution >= 0.6 is 0 Å². The van der Waals surface area contributed by atoms with Crippen LogP contribution in [0.5, 0.6) is 0 Å². The second-order valence-electron chi connectivity index (χ2n) is 4.76. The van der Waals surface area contributed by atoms with E-state index in [0.29, 0.717) is 17.7 Å². The van der Waals surface area contributed by atoms with Gasteiger partial charge in [-0.25, -0.2) is 9.97 Å². The maximum Gasteiger partial charge on any atom is 0.272 e. The van der Waals surface area contributed by atoms with Gasteiger partial charge in [0, 0.05) is 25.8 Å². The fourth-order valence-electron chi connectivity index (χ4n) is 1.65. The molecule has 18 heavy (non-hydrogen) atoms. The SMILES string of the molecule is CCCCN(C)C(=O)c1ccnc(NC2CC2)n1. The van der Waals surface area contributed by atoms with Crippen molar-refractivity contribution in [1.82, 2.24) is 14.9 Å². The standard InChI is InChI=1S/C13H20N4O/c1-3-4-9-17(2)12(18)11-7-8-14-13(16-11)15-10-5-6-10/h7-8,10H,3-6,9H2,1-2H3,(H,14,15,16). The van der Waals surface area contributed by atoms with Gasteiger partial charge in [-0.15, -0.1) is 0 Å². The minimum absolute atomic E-state index is 0.0373. The monoisotopic (exact) mass is 248 g/mol. The maximum atomic E-state index is 12.1. The molecule has 1 aliphatic carbocycles. The highest BCUT2D eigenvalue weighted by molar-refractivity contribution is 5.92. The summed E-state index contributed by atoms with van der Waals surface area (Å²) in [6, 6.07) is 2.16. The lowest BCUT2D eigenvalue weighted by Crippen LogP contribution is -2.28. The first kappa shape index (κ1) is 12.8. The Hall–Kier alpha value is -1.65. The first-order chi connectivity index (χ1) is 8.70. The number of nitrogens with one attached hydrogen (secondary N) is 1. The number of carbonyl (C=O) groups excluding carboxylic acids is 1. The molecule has 0 aliphatic heterocycles. The minimum Gasteiger partial charge on any atom is -0.351 e. The summed E-state index contributed by atoms with van der Waals surface area (Å²) in [7, 11) is 1.81. The number of unbranched alkanes of at least 4 members (excludes halogenated alkanes) is 1. The predicted octanol–water partition coefficient (Wildman–Crippen LogP) is 1.92. The van der Waals surface area contributed by atoms with E-state index in [1.165, 1.54) is 0 Å². The minimum atomic E-state index is -0.0373. The van der Waals surface area contributed by atoms with Crippen LogP contribution in [0.15, 0.2) is 12.3 Å². The summed E-state index contributed by atoms with van der Waals surface area (Å²) in [6.07, 6.45) is 6.06. The van der Waals surface area contributed by atoms with Crippen LogP contribution in [0.2, 0.25) is 0 Å². The number of nitrogens with zero attached hydrogens (tertiary/aromatic N) is 3. The molecule has 1 heterocycles. The van der Waals surface area contributed by atoms with E-state index in [0.717, 1.165) is 32.2 Å². The van der Waals surface area contributed by atoms with E-state index in [1.807, 2.05) is 7.05 Å². The Morgan fingerprint density at radius 3 is 3.00 bits per heavy atom. The third kappa shape index (κ3) is 3.42. The summed E-state index contributed by atoms with van der Waals surface area (Å²) in [5.41, 5.74) is 0.465. The van der Waals surface area contributed by atoms with Crippen LogP contribution in [0.1, 0.15) is 43.1 Å². The number of amides is 1. The Morgan fingerprint density at radius 1 is 1.56 bits per heavy atom. The molecule has 1 aromatic rings. The van der Waals surface area contributed by atoms with Crippen LogP contribution in [0.3, 0.4) is 0 Å². The topological polar surface area (TPSA) is 58.1 Å². The first-order valence-electron chi connectivity index (χ1n) is 6.55. The molecule has 0 atom stereocenters. The lowest BCUT2D eigenvalue weighted by molar-refractivity contribution is 0.0787. The Balaban J connectivity index is 1.99. The molecule has 0 spiro atoms. The molecule has 1 amide bonds. The summed E-state index contributed by atoms with van der Waals surface area (Å²) in [5, 5.41) is 3.20. The van der Waals surface area contributed by atoms with Gasteiger partial charge in [0.25, 0.3) is 5.91 Å². The van der Waals surface area contributed by atoms with E-state index >= 15 is 0 Å². The average Bonchev–Trinajstić information content (AvgIpc) is 3.19. The van der Waals surface area contributed by atoms with Crippen LogP contribution in [-0.4, -0.2) is 40.4 Å². The van der Waals surface area contributed by atoms with Crippen LogP contribution in [0.4, 0.5) is 5.95 Å². The number of rotatable bonds is 6. The quantitative estimate of drug-likeness (QED) is 0.835. The molecule has 0 saturated heterocycles. The third-order valence-electron chi connectivity index (χ3n) is 2.98. The molecule has 1 aromatic heterocycles. The van der Waals surface area contributed by atoms with E-state index in [4.69, 9.17) is 0 Å². The highest BCUT2D eigenvalue weighted by Crippen LogP contribution is 2.22. The fourth-order valence-corrected chi connectivity index (χ4v) is 1.65. The normalized spacial score (nSPS) is 14.3. The Morgan fingerprint density at radius 2 is 2.33 bits per heavy atom. The smallest absolute Gasteiger partial charge is 0.272 e. The van der Waals surface area contributed by atoms with Crippen molar-refractivity contribution in [2.24, 2.45) is 0 Å². The molecule has 98 valence electrons. The van der Waals surface area contributed by atoms with E-state index < -0.39 is 0 Å². The summed E-state index contributed by atoms with van der Waals surface area (Å²) >= 11 is 0. The molecular formula is C13H20N4O. The van der Waals surface area contributed by atoms with Crippen LogP contribution in [0, 0.1) is 0 Å². The van der Waals surface area contributed by atoms with Crippen molar-refractivity contribution in [2.75, 3.05) is 18.9 Å². The molecule has 2 rings (SSSR count). The van der Waals surface area contributed by atoms with Gasteiger partial charge in [-0.05, 0) is 25.3 Å². The van der Waals surface area contributed by atoms with E-state index in [-0.39, 0.29) is 5.91 Å². The number of hydrogen-bond acceptors (Lipinski definition) is 4. The third-order valence-corrected chi connectivity index (χ3v) is 2.98. The highest BCUT2D eigenvalue weighted by Gasteiger charge is 2.22. The van der Waals surface area contributed by atoms with Crippen molar-refractivity contribution in [2.45, 2.75) is 38.6 Å². The van der Waals surface area contributed by atoms with Crippen molar-refractivity contribution < 1.29 is 4.79 Å². The van der Waals surface area contributed by atoms with Gasteiger partial charge in [0.1, 0.15) is 5.69 Å². The molecule has 0 bridgehead atoms. The van der Waals surface area contributed by atoms with Gasteiger partial charge in [0.05, 0.1) is 0 Å². The molecule has 1 fully saturated rings. The van der Waals surface area contributed by atoms with Crippen molar-refractivity contribution in [3.63, 3.8) is 0 Å². The van der Waals surface area contributed by atoms with Gasteiger partial charge in [-0.3, -0.25) is 4.79 Å². The zero-order valence-corrected chi connectivity index (χ0v) is 11.0. The van der Waals surface area contributed by atoms with E-state index in [1.54, 1.807) is 17.2 Å². The molecule has 0 unspecified atom stereocenters. The lowest BCUT2D eigenvalue weighted by Gasteiger charge is -2.16. The van der Waals surface area contributed by atoms with Crippen molar-refractivity contribution >= 4 is 11.9 Å². The molecule has 1 N–H and O–H groups in total. The summed E-state index contributed by atoms with van der Waals surface area (Å²) in [5.74, 6) is 0.525. The van der Waals surface area contributed by atoms with Crippen LogP contribution in [-0.2, 0) is 0 Å². The van der Waals surface area contributed by atoms with Gasteiger partial charge in [-0.1, -0.05) is 13.3 Å². The predicted molar refractivity (Wildman–Crippen MR) is 70.5 cm³/mol. The van der Waals surface area contributed by atoms with Gasteiger partial charge < -0.3 is 10.2 Å². The van der Waals surface area contributed by atoms with Gasteiger partial charge in [0.15, 0.2) is 0 Å². The largest absolute Gasteiger partial charge is 0.351 e. The van der Waals surface area contributed by atoms with Crippen LogP contribution < -0.4 is 5.32 Å². The van der Waals surface area contributed by atoms with Gasteiger partial charge >= 0.3 is 0 Å². The second-order valence-corrected chi connectivity index (χ2v) is 4.76. The molecule has 5 heteroatoms. The maximum absolute atomic E-state index is 12.1. The molecule has 0 aromatic carbocycles. The Kier molecular flexibility index (Phi) is 4.12. The summed E-state index contributed by atoms with van der Waals surface area (Å²) in [6.45, 7) is 2.88. The lowest BCUT2D eigenvalue weighted by atomic mass is 10.3.